The summed E-state index contributed by atoms with van der Waals surface area (Å²) in [7, 11) is 1.71. The topological polar surface area (TPSA) is 79.0 Å². The molecule has 1 heterocycles. The molecule has 7 nitrogen and oxygen atoms in total. The SMILES string of the molecule is CCOC(=O)CNC(=O)N1CCN(C)C(=O)C1(C)C. The molecule has 0 aromatic carbocycles. The number of rotatable bonds is 3. The summed E-state index contributed by atoms with van der Waals surface area (Å²) in [5, 5.41) is 2.47. The standard InChI is InChI=1S/C12H21N3O4/c1-5-19-9(16)8-13-11(18)15-7-6-14(4)10(17)12(15,2)3/h5-8H2,1-4H3,(H,13,18). The number of likely N-dealkylation sites (N-methyl/N-ethyl adjacent to an activating group) is 1. The zero-order valence-electron chi connectivity index (χ0n) is 11.9. The normalized spacial score (nSPS) is 18.2. The first-order valence-electron chi connectivity index (χ1n) is 6.27. The van der Waals surface area contributed by atoms with Gasteiger partial charge < -0.3 is 19.9 Å². The van der Waals surface area contributed by atoms with Crippen LogP contribution < -0.4 is 5.32 Å². The number of nitrogens with zero attached hydrogens (tertiary/aromatic N) is 2. The number of hydrogen-bond acceptors (Lipinski definition) is 4. The average Bonchev–Trinajstić information content (AvgIpc) is 2.34. The molecule has 1 rings (SSSR count). The lowest BCUT2D eigenvalue weighted by atomic mass is 9.98. The number of urea groups is 1. The Bertz CT molecular complexity index is 381. The second-order valence-electron chi connectivity index (χ2n) is 4.90. The molecule has 3 amide bonds. The number of piperazine rings is 1. The molecule has 0 spiro atoms. The zero-order chi connectivity index (χ0) is 14.6. The van der Waals surface area contributed by atoms with Crippen LogP contribution in [0.5, 0.6) is 0 Å². The summed E-state index contributed by atoms with van der Waals surface area (Å²) in [6.07, 6.45) is 0. The van der Waals surface area contributed by atoms with Crippen LogP contribution in [0.4, 0.5) is 4.79 Å². The first-order chi connectivity index (χ1) is 8.80. The highest BCUT2D eigenvalue weighted by molar-refractivity contribution is 5.92. The van der Waals surface area contributed by atoms with Gasteiger partial charge in [0.15, 0.2) is 0 Å². The van der Waals surface area contributed by atoms with Crippen molar-refractivity contribution < 1.29 is 19.1 Å². The maximum absolute atomic E-state index is 12.0. The van der Waals surface area contributed by atoms with Crippen LogP contribution in [-0.2, 0) is 14.3 Å². The van der Waals surface area contributed by atoms with Gasteiger partial charge in [-0.1, -0.05) is 0 Å². The van der Waals surface area contributed by atoms with E-state index >= 15 is 0 Å². The van der Waals surface area contributed by atoms with Crippen molar-refractivity contribution in [3.05, 3.63) is 0 Å². The van der Waals surface area contributed by atoms with Crippen LogP contribution in [0.3, 0.4) is 0 Å². The Morgan fingerprint density at radius 1 is 1.37 bits per heavy atom. The van der Waals surface area contributed by atoms with Gasteiger partial charge in [0, 0.05) is 20.1 Å². The summed E-state index contributed by atoms with van der Waals surface area (Å²) < 4.78 is 4.72. The number of carbonyl (C=O) groups is 3. The molecule has 0 aromatic rings. The first-order valence-corrected chi connectivity index (χ1v) is 6.27. The van der Waals surface area contributed by atoms with Gasteiger partial charge in [-0.2, -0.15) is 0 Å². The number of nitrogens with one attached hydrogen (secondary N) is 1. The number of ether oxygens (including phenoxy) is 1. The van der Waals surface area contributed by atoms with Gasteiger partial charge in [-0.05, 0) is 20.8 Å². The summed E-state index contributed by atoms with van der Waals surface area (Å²) in [6.45, 7) is 6.07. The van der Waals surface area contributed by atoms with Crippen molar-refractivity contribution in [2.24, 2.45) is 0 Å². The van der Waals surface area contributed by atoms with Crippen molar-refractivity contribution in [2.45, 2.75) is 26.3 Å². The van der Waals surface area contributed by atoms with Crippen molar-refractivity contribution in [1.82, 2.24) is 15.1 Å². The minimum absolute atomic E-state index is 0.120. The number of esters is 1. The second kappa shape index (κ2) is 5.90. The van der Waals surface area contributed by atoms with Gasteiger partial charge in [-0.15, -0.1) is 0 Å². The molecule has 1 aliphatic rings. The Labute approximate surface area is 112 Å². The van der Waals surface area contributed by atoms with Gasteiger partial charge in [-0.25, -0.2) is 4.79 Å². The molecule has 108 valence electrons. The lowest BCUT2D eigenvalue weighted by molar-refractivity contribution is -0.144. The minimum Gasteiger partial charge on any atom is -0.465 e. The quantitative estimate of drug-likeness (QED) is 0.722. The summed E-state index contributed by atoms with van der Waals surface area (Å²) >= 11 is 0. The third kappa shape index (κ3) is 3.36. The summed E-state index contributed by atoms with van der Waals surface area (Å²) in [4.78, 5) is 38.2. The van der Waals surface area contributed by atoms with Gasteiger partial charge in [0.05, 0.1) is 6.61 Å². The average molecular weight is 271 g/mol. The lowest BCUT2D eigenvalue weighted by Gasteiger charge is -2.44. The van der Waals surface area contributed by atoms with E-state index in [4.69, 9.17) is 4.74 Å². The molecule has 0 atom stereocenters. The van der Waals surface area contributed by atoms with Crippen LogP contribution in [-0.4, -0.2) is 66.5 Å². The first kappa shape index (κ1) is 15.3. The maximum Gasteiger partial charge on any atom is 0.325 e. The molecule has 0 bridgehead atoms. The highest BCUT2D eigenvalue weighted by atomic mass is 16.5. The Morgan fingerprint density at radius 2 is 2.00 bits per heavy atom. The van der Waals surface area contributed by atoms with E-state index in [-0.39, 0.29) is 19.1 Å². The number of carbonyl (C=O) groups excluding carboxylic acids is 3. The van der Waals surface area contributed by atoms with Crippen LogP contribution in [0.25, 0.3) is 0 Å². The smallest absolute Gasteiger partial charge is 0.325 e. The summed E-state index contributed by atoms with van der Waals surface area (Å²) in [6, 6.07) is -0.431. The van der Waals surface area contributed by atoms with E-state index in [1.165, 1.54) is 4.90 Å². The summed E-state index contributed by atoms with van der Waals surface area (Å²) in [5.41, 5.74) is -0.911. The van der Waals surface area contributed by atoms with E-state index < -0.39 is 17.5 Å². The molecular weight excluding hydrogens is 250 g/mol. The fourth-order valence-electron chi connectivity index (χ4n) is 2.02. The predicted octanol–water partition coefficient (Wildman–Crippen LogP) is -0.188. The van der Waals surface area contributed by atoms with E-state index in [2.05, 4.69) is 5.32 Å². The van der Waals surface area contributed by atoms with Crippen LogP contribution >= 0.6 is 0 Å². The molecule has 7 heteroatoms. The van der Waals surface area contributed by atoms with Gasteiger partial charge >= 0.3 is 12.0 Å². The van der Waals surface area contributed by atoms with E-state index in [9.17, 15) is 14.4 Å². The van der Waals surface area contributed by atoms with Crippen molar-refractivity contribution in [3.63, 3.8) is 0 Å². The van der Waals surface area contributed by atoms with Crippen LogP contribution in [0.15, 0.2) is 0 Å². The molecule has 0 unspecified atom stereocenters. The van der Waals surface area contributed by atoms with E-state index in [1.807, 2.05) is 0 Å². The van der Waals surface area contributed by atoms with Gasteiger partial charge in [-0.3, -0.25) is 9.59 Å². The molecular formula is C12H21N3O4. The number of hydrogen-bond donors (Lipinski definition) is 1. The molecule has 0 aliphatic carbocycles. The Balaban J connectivity index is 2.61. The molecule has 0 saturated carbocycles. The monoisotopic (exact) mass is 271 g/mol. The molecule has 1 fully saturated rings. The minimum atomic E-state index is -0.911. The zero-order valence-corrected chi connectivity index (χ0v) is 11.9. The molecule has 1 saturated heterocycles. The van der Waals surface area contributed by atoms with Crippen molar-refractivity contribution in [1.29, 1.82) is 0 Å². The van der Waals surface area contributed by atoms with Gasteiger partial charge in [0.25, 0.3) is 0 Å². The Hall–Kier alpha value is -1.79. The maximum atomic E-state index is 12.0. The number of amides is 3. The molecule has 0 radical (unpaired) electrons. The predicted molar refractivity (Wildman–Crippen MR) is 68.5 cm³/mol. The summed E-state index contributed by atoms with van der Waals surface area (Å²) in [5.74, 6) is -0.612. The molecule has 1 aliphatic heterocycles. The third-order valence-electron chi connectivity index (χ3n) is 3.14. The molecule has 0 aromatic heterocycles. The van der Waals surface area contributed by atoms with Crippen LogP contribution in [0.1, 0.15) is 20.8 Å². The van der Waals surface area contributed by atoms with Crippen LogP contribution in [0.2, 0.25) is 0 Å². The second-order valence-corrected chi connectivity index (χ2v) is 4.90. The highest BCUT2D eigenvalue weighted by Gasteiger charge is 2.42. The third-order valence-corrected chi connectivity index (χ3v) is 3.14. The van der Waals surface area contributed by atoms with Crippen molar-refractivity contribution in [2.75, 3.05) is 33.3 Å². The fourth-order valence-corrected chi connectivity index (χ4v) is 2.02. The molecule has 19 heavy (non-hydrogen) atoms. The lowest BCUT2D eigenvalue weighted by Crippen LogP contribution is -2.65. The van der Waals surface area contributed by atoms with Crippen molar-refractivity contribution >= 4 is 17.9 Å². The largest absolute Gasteiger partial charge is 0.465 e. The Morgan fingerprint density at radius 3 is 2.58 bits per heavy atom. The highest BCUT2D eigenvalue weighted by Crippen LogP contribution is 2.21. The van der Waals surface area contributed by atoms with Gasteiger partial charge in [0.1, 0.15) is 12.1 Å². The fraction of sp³-hybridized carbons (Fsp3) is 0.750. The Kier molecular flexibility index (Phi) is 4.74. The van der Waals surface area contributed by atoms with E-state index in [0.29, 0.717) is 13.1 Å². The van der Waals surface area contributed by atoms with E-state index in [1.54, 1.807) is 32.7 Å². The van der Waals surface area contributed by atoms with Gasteiger partial charge in [0.2, 0.25) is 5.91 Å². The van der Waals surface area contributed by atoms with Crippen molar-refractivity contribution in [3.8, 4) is 0 Å². The van der Waals surface area contributed by atoms with E-state index in [0.717, 1.165) is 0 Å². The van der Waals surface area contributed by atoms with Crippen LogP contribution in [0, 0.1) is 0 Å². The molecule has 1 N–H and O–H groups in total.